The number of hydrogen-bond acceptors (Lipinski definition) is 8. The molecule has 0 saturated heterocycles. The average molecular weight is 459 g/mol. The second-order valence-corrected chi connectivity index (χ2v) is 9.64. The maximum absolute atomic E-state index is 12.9. The summed E-state index contributed by atoms with van der Waals surface area (Å²) in [6.07, 6.45) is 0. The molecule has 1 amide bonds. The van der Waals surface area contributed by atoms with Crippen molar-refractivity contribution in [3.63, 3.8) is 0 Å². The molecule has 31 heavy (non-hydrogen) atoms. The lowest BCUT2D eigenvalue weighted by Crippen LogP contribution is -2.28. The Morgan fingerprint density at radius 1 is 1.19 bits per heavy atom. The van der Waals surface area contributed by atoms with Crippen LogP contribution in [-0.4, -0.2) is 44.2 Å². The van der Waals surface area contributed by atoms with Crippen LogP contribution in [0.4, 0.5) is 5.13 Å². The molecule has 0 radical (unpaired) electrons. The highest BCUT2D eigenvalue weighted by Crippen LogP contribution is 2.32. The van der Waals surface area contributed by atoms with Crippen LogP contribution in [0.15, 0.2) is 54.3 Å². The summed E-state index contributed by atoms with van der Waals surface area (Å²) in [5.74, 6) is -1.61. The molecule has 0 unspecified atom stereocenters. The predicted octanol–water partition coefficient (Wildman–Crippen LogP) is 3.23. The molecular weight excluding hydrogens is 440 g/mol. The lowest BCUT2D eigenvalue weighted by atomic mass is 10.2. The molecule has 3 aromatic rings. The zero-order valence-electron chi connectivity index (χ0n) is 16.5. The molecule has 0 aliphatic carbocycles. The molecule has 0 atom stereocenters. The van der Waals surface area contributed by atoms with Crippen molar-refractivity contribution in [2.75, 3.05) is 24.3 Å². The highest BCUT2D eigenvalue weighted by molar-refractivity contribution is 8.00. The van der Waals surface area contributed by atoms with Crippen LogP contribution in [0.2, 0.25) is 0 Å². The minimum atomic E-state index is -3.68. The molecule has 2 aromatic carbocycles. The van der Waals surface area contributed by atoms with Gasteiger partial charge in [-0.25, -0.2) is 18.2 Å². The first-order valence-corrected chi connectivity index (χ1v) is 11.9. The van der Waals surface area contributed by atoms with Gasteiger partial charge < -0.3 is 9.47 Å². The number of ether oxygens (including phenoxy) is 2. The SMILES string of the molecule is CCOC(=O)c1ccc2nc(NC(=O)C3=C(c4ccccc4)S(=O)(=O)CCO3)sc2c1. The number of carbonyl (C=O) groups excluding carboxylic acids is 2. The smallest absolute Gasteiger partial charge is 0.338 e. The second kappa shape index (κ2) is 8.48. The lowest BCUT2D eigenvalue weighted by Gasteiger charge is -2.20. The van der Waals surface area contributed by atoms with Crippen LogP contribution in [0, 0.1) is 0 Å². The summed E-state index contributed by atoms with van der Waals surface area (Å²) in [4.78, 5) is 29.0. The van der Waals surface area contributed by atoms with Gasteiger partial charge >= 0.3 is 5.97 Å². The topological polar surface area (TPSA) is 112 Å². The van der Waals surface area contributed by atoms with Gasteiger partial charge in [0.05, 0.1) is 28.1 Å². The summed E-state index contributed by atoms with van der Waals surface area (Å²) in [6, 6.07) is 13.3. The third-order valence-electron chi connectivity index (χ3n) is 4.48. The number of sulfone groups is 1. The van der Waals surface area contributed by atoms with E-state index in [0.29, 0.717) is 21.3 Å². The molecule has 0 bridgehead atoms. The molecule has 4 rings (SSSR count). The van der Waals surface area contributed by atoms with E-state index in [1.54, 1.807) is 55.5 Å². The molecule has 1 aliphatic rings. The number of rotatable bonds is 5. The number of amides is 1. The quantitative estimate of drug-likeness (QED) is 0.584. The van der Waals surface area contributed by atoms with Gasteiger partial charge in [0, 0.05) is 0 Å². The highest BCUT2D eigenvalue weighted by Gasteiger charge is 2.33. The van der Waals surface area contributed by atoms with Gasteiger partial charge in [-0.3, -0.25) is 10.1 Å². The number of aromatic nitrogens is 1. The monoisotopic (exact) mass is 458 g/mol. The summed E-state index contributed by atoms with van der Waals surface area (Å²) >= 11 is 1.16. The maximum Gasteiger partial charge on any atom is 0.338 e. The Balaban J connectivity index is 1.67. The van der Waals surface area contributed by atoms with E-state index in [4.69, 9.17) is 9.47 Å². The molecule has 0 saturated carbocycles. The van der Waals surface area contributed by atoms with E-state index < -0.39 is 21.7 Å². The van der Waals surface area contributed by atoms with Gasteiger partial charge in [0.25, 0.3) is 5.91 Å². The molecule has 1 aromatic heterocycles. The van der Waals surface area contributed by atoms with E-state index >= 15 is 0 Å². The Hall–Kier alpha value is -3.24. The van der Waals surface area contributed by atoms with Gasteiger partial charge in [0.15, 0.2) is 15.0 Å². The summed E-state index contributed by atoms with van der Waals surface area (Å²) < 4.78 is 36.5. The number of nitrogens with one attached hydrogen (secondary N) is 1. The number of nitrogens with zero attached hydrogens (tertiary/aromatic N) is 1. The summed E-state index contributed by atoms with van der Waals surface area (Å²) in [5.41, 5.74) is 1.35. The molecule has 1 N–H and O–H groups in total. The van der Waals surface area contributed by atoms with Crippen molar-refractivity contribution < 1.29 is 27.5 Å². The van der Waals surface area contributed by atoms with E-state index in [-0.39, 0.29) is 34.8 Å². The minimum Gasteiger partial charge on any atom is -0.486 e. The van der Waals surface area contributed by atoms with Crippen LogP contribution in [0.25, 0.3) is 15.1 Å². The van der Waals surface area contributed by atoms with Crippen LogP contribution in [0.5, 0.6) is 0 Å². The molecular formula is C21H18N2O6S2. The van der Waals surface area contributed by atoms with Gasteiger partial charge in [0.1, 0.15) is 11.5 Å². The van der Waals surface area contributed by atoms with Crippen LogP contribution >= 0.6 is 11.3 Å². The van der Waals surface area contributed by atoms with Crippen LogP contribution in [0.1, 0.15) is 22.8 Å². The van der Waals surface area contributed by atoms with Gasteiger partial charge in [-0.15, -0.1) is 0 Å². The normalized spacial score (nSPS) is 15.4. The number of fused-ring (bicyclic) bond motifs is 1. The number of thiazole rings is 1. The molecule has 0 fully saturated rings. The van der Waals surface area contributed by atoms with Crippen LogP contribution < -0.4 is 5.32 Å². The predicted molar refractivity (Wildman–Crippen MR) is 117 cm³/mol. The summed E-state index contributed by atoms with van der Waals surface area (Å²) in [5, 5.41) is 2.87. The third-order valence-corrected chi connectivity index (χ3v) is 7.16. The Kier molecular flexibility index (Phi) is 5.75. The molecule has 10 heteroatoms. The van der Waals surface area contributed by atoms with E-state index in [0.717, 1.165) is 11.3 Å². The summed E-state index contributed by atoms with van der Waals surface area (Å²) in [6.45, 7) is 1.88. The van der Waals surface area contributed by atoms with Crippen molar-refractivity contribution in [1.29, 1.82) is 0 Å². The number of benzene rings is 2. The van der Waals surface area contributed by atoms with E-state index in [9.17, 15) is 18.0 Å². The minimum absolute atomic E-state index is 0.107. The van der Waals surface area contributed by atoms with Gasteiger partial charge in [0.2, 0.25) is 5.76 Å². The van der Waals surface area contributed by atoms with Crippen molar-refractivity contribution in [3.8, 4) is 0 Å². The number of esters is 1. The average Bonchev–Trinajstić information content (AvgIpc) is 3.15. The van der Waals surface area contributed by atoms with Crippen molar-refractivity contribution in [2.45, 2.75) is 6.92 Å². The van der Waals surface area contributed by atoms with Crippen LogP contribution in [0.3, 0.4) is 0 Å². The fraction of sp³-hybridized carbons (Fsp3) is 0.190. The first-order chi connectivity index (χ1) is 14.9. The first-order valence-electron chi connectivity index (χ1n) is 9.43. The third kappa shape index (κ3) is 4.30. The van der Waals surface area contributed by atoms with E-state index in [2.05, 4.69) is 10.3 Å². The number of hydrogen-bond donors (Lipinski definition) is 1. The molecule has 0 spiro atoms. The lowest BCUT2D eigenvalue weighted by molar-refractivity contribution is -0.115. The Bertz CT molecular complexity index is 1300. The molecule has 1 aliphatic heterocycles. The second-order valence-electron chi connectivity index (χ2n) is 6.57. The molecule has 8 nitrogen and oxygen atoms in total. The Morgan fingerprint density at radius 3 is 2.71 bits per heavy atom. The van der Waals surface area contributed by atoms with Crippen molar-refractivity contribution >= 4 is 53.3 Å². The fourth-order valence-corrected chi connectivity index (χ4v) is 5.44. The zero-order valence-corrected chi connectivity index (χ0v) is 18.1. The fourth-order valence-electron chi connectivity index (χ4n) is 3.10. The Morgan fingerprint density at radius 2 is 1.97 bits per heavy atom. The zero-order chi connectivity index (χ0) is 22.0. The number of carbonyl (C=O) groups is 2. The van der Waals surface area contributed by atoms with Crippen molar-refractivity contribution in [1.82, 2.24) is 4.98 Å². The number of anilines is 1. The largest absolute Gasteiger partial charge is 0.486 e. The molecule has 160 valence electrons. The summed E-state index contributed by atoms with van der Waals surface area (Å²) in [7, 11) is -3.68. The van der Waals surface area contributed by atoms with Gasteiger partial charge in [-0.2, -0.15) is 0 Å². The van der Waals surface area contributed by atoms with Crippen LogP contribution in [-0.2, 0) is 24.1 Å². The van der Waals surface area contributed by atoms with E-state index in [1.165, 1.54) is 0 Å². The van der Waals surface area contributed by atoms with Crippen molar-refractivity contribution in [2.24, 2.45) is 0 Å². The first kappa shape index (κ1) is 21.0. The van der Waals surface area contributed by atoms with Crippen molar-refractivity contribution in [3.05, 3.63) is 65.4 Å². The van der Waals surface area contributed by atoms with Gasteiger partial charge in [-0.1, -0.05) is 41.7 Å². The molecule has 2 heterocycles. The maximum atomic E-state index is 12.9. The highest BCUT2D eigenvalue weighted by atomic mass is 32.2. The standard InChI is InChI=1S/C21H18N2O6S2/c1-2-28-20(25)14-8-9-15-16(12-14)30-21(22-15)23-19(24)17-18(13-6-4-3-5-7-13)31(26,27)11-10-29-17/h3-9,12H,2,10-11H2,1H3,(H,22,23,24). The Labute approximate surface area is 182 Å². The van der Waals surface area contributed by atoms with Gasteiger partial charge in [-0.05, 0) is 30.7 Å². The van der Waals surface area contributed by atoms with E-state index in [1.807, 2.05) is 0 Å².